The second kappa shape index (κ2) is 10.1. The molecule has 3 atom stereocenters. The molecule has 0 aromatic heterocycles. The number of fused-ring (bicyclic) bond motifs is 1. The van der Waals surface area contributed by atoms with Crippen LogP contribution in [-0.4, -0.2) is 78.9 Å². The van der Waals surface area contributed by atoms with Gasteiger partial charge in [-0.05, 0) is 23.6 Å². The Hall–Kier alpha value is -1.41. The van der Waals surface area contributed by atoms with Crippen LogP contribution >= 0.6 is 24.8 Å². The van der Waals surface area contributed by atoms with Crippen molar-refractivity contribution in [2.24, 2.45) is 11.8 Å². The molecule has 3 heterocycles. The fourth-order valence-electron chi connectivity index (χ4n) is 4.91. The molecule has 3 aliphatic rings. The molecule has 1 aromatic rings. The van der Waals surface area contributed by atoms with Gasteiger partial charge in [-0.25, -0.2) is 4.39 Å². The van der Waals surface area contributed by atoms with Gasteiger partial charge in [0.1, 0.15) is 5.82 Å². The molecule has 0 spiro atoms. The van der Waals surface area contributed by atoms with E-state index in [1.54, 1.807) is 13.0 Å². The third kappa shape index (κ3) is 5.02. The van der Waals surface area contributed by atoms with Crippen LogP contribution in [0, 0.1) is 17.7 Å². The second-order valence-corrected chi connectivity index (χ2v) is 7.92. The van der Waals surface area contributed by atoms with Crippen molar-refractivity contribution in [3.05, 3.63) is 35.6 Å². The van der Waals surface area contributed by atoms with E-state index in [-0.39, 0.29) is 54.4 Å². The van der Waals surface area contributed by atoms with E-state index in [2.05, 4.69) is 10.2 Å². The fraction of sp³-hybridized carbons (Fsp3) is 0.600. The van der Waals surface area contributed by atoms with Gasteiger partial charge in [-0.3, -0.25) is 14.5 Å². The first-order chi connectivity index (χ1) is 13.0. The number of benzene rings is 1. The first-order valence-electron chi connectivity index (χ1n) is 9.76. The molecule has 6 nitrogen and oxygen atoms in total. The number of hydrogen-bond acceptors (Lipinski definition) is 4. The van der Waals surface area contributed by atoms with Crippen molar-refractivity contribution in [3.63, 3.8) is 0 Å². The Bertz CT molecular complexity index is 732. The Balaban J connectivity index is 0.00000150. The molecule has 1 N–H and O–H groups in total. The molecule has 4 rings (SSSR count). The van der Waals surface area contributed by atoms with E-state index in [1.165, 1.54) is 12.1 Å². The second-order valence-electron chi connectivity index (χ2n) is 7.92. The number of rotatable bonds is 3. The van der Waals surface area contributed by atoms with Crippen LogP contribution in [0.2, 0.25) is 0 Å². The van der Waals surface area contributed by atoms with Crippen LogP contribution in [0.1, 0.15) is 18.5 Å². The molecule has 0 unspecified atom stereocenters. The maximum Gasteiger partial charge on any atom is 0.236 e. The van der Waals surface area contributed by atoms with Gasteiger partial charge in [0.15, 0.2) is 0 Å². The van der Waals surface area contributed by atoms with Crippen LogP contribution in [0.25, 0.3) is 0 Å². The predicted molar refractivity (Wildman–Crippen MR) is 114 cm³/mol. The van der Waals surface area contributed by atoms with Crippen LogP contribution < -0.4 is 5.32 Å². The molecule has 0 aliphatic carbocycles. The van der Waals surface area contributed by atoms with E-state index in [0.29, 0.717) is 19.0 Å². The standard InChI is InChI=1S/C20H27FN4O2.2ClH/c1-14(26)25-11-16-10-23(13-19(27)24-7-5-22-6-8-24)12-18(16)20(25)15-3-2-4-17(21)9-15;;/h2-4,9,16,18,20,22H,5-8,10-13H2,1H3;2*1H/t16-,18-,20-;;/m1../s1. The monoisotopic (exact) mass is 446 g/mol. The third-order valence-electron chi connectivity index (χ3n) is 6.16. The SMILES string of the molecule is CC(=O)N1C[C@H]2CN(CC(=O)N3CCNCC3)C[C@H]2[C@H]1c1cccc(F)c1.Cl.Cl. The zero-order chi connectivity index (χ0) is 19.0. The van der Waals surface area contributed by atoms with Crippen molar-refractivity contribution < 1.29 is 14.0 Å². The zero-order valence-electron chi connectivity index (χ0n) is 16.6. The number of nitrogens with one attached hydrogen (secondary N) is 1. The number of halogens is 3. The highest BCUT2D eigenvalue weighted by Crippen LogP contribution is 2.45. The topological polar surface area (TPSA) is 55.9 Å². The minimum atomic E-state index is -0.275. The summed E-state index contributed by atoms with van der Waals surface area (Å²) in [5, 5.41) is 3.26. The van der Waals surface area contributed by atoms with E-state index in [9.17, 15) is 14.0 Å². The Morgan fingerprint density at radius 1 is 1.14 bits per heavy atom. The molecule has 3 fully saturated rings. The first-order valence-corrected chi connectivity index (χ1v) is 9.76. The molecular formula is C20H29Cl2FN4O2. The first kappa shape index (κ1) is 23.9. The predicted octanol–water partition coefficient (Wildman–Crippen LogP) is 1.55. The fourth-order valence-corrected chi connectivity index (χ4v) is 4.91. The van der Waals surface area contributed by atoms with Crippen LogP contribution in [-0.2, 0) is 9.59 Å². The summed E-state index contributed by atoms with van der Waals surface area (Å²) in [5.41, 5.74) is 0.855. The number of hydrogen-bond donors (Lipinski definition) is 1. The van der Waals surface area contributed by atoms with Crippen molar-refractivity contribution >= 4 is 36.6 Å². The average molecular weight is 447 g/mol. The van der Waals surface area contributed by atoms with Crippen LogP contribution in [0.5, 0.6) is 0 Å². The molecule has 9 heteroatoms. The smallest absolute Gasteiger partial charge is 0.236 e. The lowest BCUT2D eigenvalue weighted by atomic mass is 9.89. The normalized spacial score (nSPS) is 26.5. The highest BCUT2D eigenvalue weighted by Gasteiger charge is 2.48. The Morgan fingerprint density at radius 3 is 2.52 bits per heavy atom. The number of carbonyl (C=O) groups is 2. The average Bonchev–Trinajstić information content (AvgIpc) is 3.19. The Morgan fingerprint density at radius 2 is 1.86 bits per heavy atom. The van der Waals surface area contributed by atoms with Gasteiger partial charge in [-0.1, -0.05) is 12.1 Å². The van der Waals surface area contributed by atoms with E-state index in [0.717, 1.165) is 44.8 Å². The molecule has 3 aliphatic heterocycles. The lowest BCUT2D eigenvalue weighted by Gasteiger charge is -2.31. The molecule has 29 heavy (non-hydrogen) atoms. The number of carbonyl (C=O) groups excluding carboxylic acids is 2. The summed E-state index contributed by atoms with van der Waals surface area (Å²) in [4.78, 5) is 30.8. The van der Waals surface area contributed by atoms with Gasteiger partial charge in [0.25, 0.3) is 0 Å². The number of likely N-dealkylation sites (tertiary alicyclic amines) is 2. The molecule has 162 valence electrons. The van der Waals surface area contributed by atoms with Crippen LogP contribution in [0.4, 0.5) is 4.39 Å². The highest BCUT2D eigenvalue weighted by molar-refractivity contribution is 5.85. The van der Waals surface area contributed by atoms with Crippen molar-refractivity contribution in [2.75, 3.05) is 52.4 Å². The van der Waals surface area contributed by atoms with Crippen molar-refractivity contribution in [2.45, 2.75) is 13.0 Å². The van der Waals surface area contributed by atoms with E-state index < -0.39 is 0 Å². The quantitative estimate of drug-likeness (QED) is 0.764. The summed E-state index contributed by atoms with van der Waals surface area (Å²) in [6.45, 7) is 7.53. The van der Waals surface area contributed by atoms with Gasteiger partial charge < -0.3 is 15.1 Å². The number of piperazine rings is 1. The van der Waals surface area contributed by atoms with Crippen LogP contribution in [0.3, 0.4) is 0 Å². The summed E-state index contributed by atoms with van der Waals surface area (Å²) in [6.07, 6.45) is 0. The summed E-state index contributed by atoms with van der Waals surface area (Å²) in [5.74, 6) is 0.511. The maximum absolute atomic E-state index is 13.8. The minimum Gasteiger partial charge on any atom is -0.339 e. The molecule has 0 saturated carbocycles. The number of amides is 2. The van der Waals surface area contributed by atoms with Gasteiger partial charge in [-0.2, -0.15) is 0 Å². The molecular weight excluding hydrogens is 418 g/mol. The highest BCUT2D eigenvalue weighted by atomic mass is 35.5. The van der Waals surface area contributed by atoms with Crippen molar-refractivity contribution in [1.82, 2.24) is 20.0 Å². The molecule has 0 radical (unpaired) electrons. The molecule has 0 bridgehead atoms. The van der Waals surface area contributed by atoms with E-state index >= 15 is 0 Å². The zero-order valence-corrected chi connectivity index (χ0v) is 18.2. The molecule has 2 amide bonds. The number of nitrogens with zero attached hydrogens (tertiary/aromatic N) is 3. The van der Waals surface area contributed by atoms with E-state index in [4.69, 9.17) is 0 Å². The summed E-state index contributed by atoms with van der Waals surface area (Å²) in [6, 6.07) is 6.47. The van der Waals surface area contributed by atoms with Gasteiger partial charge >= 0.3 is 0 Å². The summed E-state index contributed by atoms with van der Waals surface area (Å²) >= 11 is 0. The van der Waals surface area contributed by atoms with Gasteiger partial charge in [0.05, 0.1) is 12.6 Å². The molecule has 3 saturated heterocycles. The van der Waals surface area contributed by atoms with Gasteiger partial charge in [0, 0.05) is 58.7 Å². The van der Waals surface area contributed by atoms with Gasteiger partial charge in [0.2, 0.25) is 11.8 Å². The van der Waals surface area contributed by atoms with Crippen LogP contribution in [0.15, 0.2) is 24.3 Å². The Kier molecular flexibility index (Phi) is 8.28. The molecule has 1 aromatic carbocycles. The summed E-state index contributed by atoms with van der Waals surface area (Å²) in [7, 11) is 0. The minimum absolute atomic E-state index is 0. The lowest BCUT2D eigenvalue weighted by Crippen LogP contribution is -2.49. The maximum atomic E-state index is 13.8. The largest absolute Gasteiger partial charge is 0.339 e. The van der Waals surface area contributed by atoms with Crippen molar-refractivity contribution in [1.29, 1.82) is 0 Å². The van der Waals surface area contributed by atoms with Gasteiger partial charge in [-0.15, -0.1) is 24.8 Å². The van der Waals surface area contributed by atoms with Crippen molar-refractivity contribution in [3.8, 4) is 0 Å². The van der Waals surface area contributed by atoms with E-state index in [1.807, 2.05) is 15.9 Å². The lowest BCUT2D eigenvalue weighted by molar-refractivity contribution is -0.133. The summed E-state index contributed by atoms with van der Waals surface area (Å²) < 4.78 is 13.8. The third-order valence-corrected chi connectivity index (χ3v) is 6.16. The Labute approximate surface area is 183 Å².